The van der Waals surface area contributed by atoms with Gasteiger partial charge in [0.05, 0.1) is 28.2 Å². The summed E-state index contributed by atoms with van der Waals surface area (Å²) in [4.78, 5) is 5.60. The van der Waals surface area contributed by atoms with Gasteiger partial charge in [0, 0.05) is 21.9 Å². The van der Waals surface area contributed by atoms with Gasteiger partial charge >= 0.3 is 0 Å². The van der Waals surface area contributed by atoms with E-state index in [1.807, 2.05) is 11.8 Å². The van der Waals surface area contributed by atoms with Gasteiger partial charge in [0.2, 0.25) is 0 Å². The number of nitrogens with one attached hydrogen (secondary N) is 2. The molecule has 0 unspecified atom stereocenters. The van der Waals surface area contributed by atoms with Crippen LogP contribution in [0.3, 0.4) is 0 Å². The Bertz CT molecular complexity index is 592. The zero-order valence-electron chi connectivity index (χ0n) is 12.6. The van der Waals surface area contributed by atoms with Crippen molar-refractivity contribution in [2.45, 2.75) is 16.2 Å². The van der Waals surface area contributed by atoms with E-state index in [4.69, 9.17) is 0 Å². The SMILES string of the molecule is C[NH+](C)c1ccc2c(c1)Sc1cc([NH+](C)C)ccc1C2. The van der Waals surface area contributed by atoms with Crippen molar-refractivity contribution in [2.75, 3.05) is 28.2 Å². The van der Waals surface area contributed by atoms with Gasteiger partial charge < -0.3 is 9.80 Å². The first-order chi connectivity index (χ1) is 9.54. The summed E-state index contributed by atoms with van der Waals surface area (Å²) < 4.78 is 0. The second-order valence-electron chi connectivity index (χ2n) is 5.92. The highest BCUT2D eigenvalue weighted by Gasteiger charge is 2.19. The van der Waals surface area contributed by atoms with Crippen LogP contribution in [0, 0.1) is 0 Å². The highest BCUT2D eigenvalue weighted by atomic mass is 32.2. The van der Waals surface area contributed by atoms with E-state index in [0.29, 0.717) is 0 Å². The minimum absolute atomic E-state index is 1.06. The lowest BCUT2D eigenvalue weighted by Crippen LogP contribution is -3.00. The van der Waals surface area contributed by atoms with Crippen molar-refractivity contribution in [3.8, 4) is 0 Å². The maximum Gasteiger partial charge on any atom is 0.131 e. The Morgan fingerprint density at radius 1 is 0.750 bits per heavy atom. The third kappa shape index (κ3) is 2.49. The molecule has 3 rings (SSSR count). The fourth-order valence-corrected chi connectivity index (χ4v) is 3.69. The topological polar surface area (TPSA) is 8.88 Å². The van der Waals surface area contributed by atoms with Gasteiger partial charge in [-0.25, -0.2) is 0 Å². The van der Waals surface area contributed by atoms with Crippen LogP contribution in [0.4, 0.5) is 11.4 Å². The fourth-order valence-electron chi connectivity index (χ4n) is 2.54. The summed E-state index contributed by atoms with van der Waals surface area (Å²) in [5.74, 6) is 0. The largest absolute Gasteiger partial charge is 0.307 e. The van der Waals surface area contributed by atoms with Crippen LogP contribution in [0.5, 0.6) is 0 Å². The Morgan fingerprint density at radius 2 is 1.20 bits per heavy atom. The first kappa shape index (κ1) is 13.7. The highest BCUT2D eigenvalue weighted by Crippen LogP contribution is 2.40. The van der Waals surface area contributed by atoms with Crippen LogP contribution in [-0.4, -0.2) is 28.2 Å². The molecule has 1 aliphatic heterocycles. The second kappa shape index (κ2) is 5.24. The van der Waals surface area contributed by atoms with Crippen molar-refractivity contribution in [3.63, 3.8) is 0 Å². The van der Waals surface area contributed by atoms with Crippen LogP contribution < -0.4 is 9.80 Å². The van der Waals surface area contributed by atoms with E-state index in [-0.39, 0.29) is 0 Å². The lowest BCUT2D eigenvalue weighted by molar-refractivity contribution is -0.786. The molecule has 0 atom stereocenters. The molecule has 2 N–H and O–H groups in total. The zero-order chi connectivity index (χ0) is 14.3. The Balaban J connectivity index is 1.99. The number of hydrogen-bond acceptors (Lipinski definition) is 1. The zero-order valence-corrected chi connectivity index (χ0v) is 13.4. The van der Waals surface area contributed by atoms with E-state index in [1.54, 1.807) is 0 Å². The molecule has 0 fully saturated rings. The minimum atomic E-state index is 1.06. The molecule has 2 nitrogen and oxygen atoms in total. The molecule has 1 heterocycles. The summed E-state index contributed by atoms with van der Waals surface area (Å²) in [6.45, 7) is 0. The Kier molecular flexibility index (Phi) is 3.59. The van der Waals surface area contributed by atoms with E-state index in [1.165, 1.54) is 42.1 Å². The average molecular weight is 286 g/mol. The Hall–Kier alpha value is -1.29. The lowest BCUT2D eigenvalue weighted by atomic mass is 10.0. The smallest absolute Gasteiger partial charge is 0.131 e. The van der Waals surface area contributed by atoms with Crippen LogP contribution in [0.25, 0.3) is 0 Å². The molecule has 0 amide bonds. The van der Waals surface area contributed by atoms with Crippen molar-refractivity contribution in [1.29, 1.82) is 0 Å². The molecule has 0 aromatic heterocycles. The minimum Gasteiger partial charge on any atom is -0.307 e. The Labute approximate surface area is 125 Å². The maximum absolute atomic E-state index is 2.34. The van der Waals surface area contributed by atoms with Gasteiger partial charge in [-0.05, 0) is 29.7 Å². The summed E-state index contributed by atoms with van der Waals surface area (Å²) in [7, 11) is 8.71. The van der Waals surface area contributed by atoms with Gasteiger partial charge in [-0.15, -0.1) is 0 Å². The molecule has 0 aliphatic carbocycles. The molecule has 1 aliphatic rings. The molecular formula is C17H22N2S+2. The number of fused-ring (bicyclic) bond motifs is 2. The van der Waals surface area contributed by atoms with Crippen LogP contribution >= 0.6 is 11.8 Å². The van der Waals surface area contributed by atoms with E-state index >= 15 is 0 Å². The summed E-state index contributed by atoms with van der Waals surface area (Å²) in [6, 6.07) is 13.8. The van der Waals surface area contributed by atoms with Crippen molar-refractivity contribution in [1.82, 2.24) is 0 Å². The normalized spacial score (nSPS) is 13.5. The van der Waals surface area contributed by atoms with Gasteiger partial charge in [0.25, 0.3) is 0 Å². The quantitative estimate of drug-likeness (QED) is 0.722. The van der Waals surface area contributed by atoms with Crippen LogP contribution in [0.1, 0.15) is 11.1 Å². The summed E-state index contributed by atoms with van der Waals surface area (Å²) in [6.07, 6.45) is 1.06. The second-order valence-corrected chi connectivity index (χ2v) is 7.01. The van der Waals surface area contributed by atoms with Crippen molar-refractivity contribution < 1.29 is 9.80 Å². The third-order valence-corrected chi connectivity index (χ3v) is 5.09. The molecule has 20 heavy (non-hydrogen) atoms. The standard InChI is InChI=1S/C17H20N2S/c1-18(2)14-7-5-12-9-13-6-8-15(19(3)4)11-17(13)20-16(12)10-14/h5-8,10-11H,9H2,1-4H3/p+2. The lowest BCUT2D eigenvalue weighted by Gasteiger charge is -2.21. The number of hydrogen-bond donors (Lipinski definition) is 2. The molecule has 0 saturated heterocycles. The third-order valence-electron chi connectivity index (χ3n) is 3.89. The molecule has 2 aromatic rings. The number of benzene rings is 2. The number of quaternary nitrogens is 2. The molecule has 0 bridgehead atoms. The van der Waals surface area contributed by atoms with Gasteiger partial charge in [-0.2, -0.15) is 0 Å². The first-order valence-corrected chi connectivity index (χ1v) is 7.91. The molecule has 2 aromatic carbocycles. The van der Waals surface area contributed by atoms with E-state index in [0.717, 1.165) is 6.42 Å². The molecule has 0 saturated carbocycles. The monoisotopic (exact) mass is 286 g/mol. The van der Waals surface area contributed by atoms with Crippen molar-refractivity contribution in [2.24, 2.45) is 0 Å². The maximum atomic E-state index is 2.34. The number of rotatable bonds is 2. The van der Waals surface area contributed by atoms with E-state index in [9.17, 15) is 0 Å². The molecule has 0 radical (unpaired) electrons. The van der Waals surface area contributed by atoms with Crippen molar-refractivity contribution in [3.05, 3.63) is 47.5 Å². The summed E-state index contributed by atoms with van der Waals surface area (Å²) >= 11 is 1.92. The van der Waals surface area contributed by atoms with Crippen molar-refractivity contribution >= 4 is 23.1 Å². The van der Waals surface area contributed by atoms with Gasteiger partial charge in [-0.1, -0.05) is 23.9 Å². The Morgan fingerprint density at radius 3 is 1.60 bits per heavy atom. The van der Waals surface area contributed by atoms with Crippen LogP contribution in [0.15, 0.2) is 46.2 Å². The van der Waals surface area contributed by atoms with E-state index < -0.39 is 0 Å². The van der Waals surface area contributed by atoms with Crippen LogP contribution in [0.2, 0.25) is 0 Å². The summed E-state index contributed by atoms with van der Waals surface area (Å²) in [5.41, 5.74) is 5.62. The molecule has 104 valence electrons. The molecule has 0 spiro atoms. The first-order valence-electron chi connectivity index (χ1n) is 7.09. The van der Waals surface area contributed by atoms with Gasteiger partial charge in [-0.3, -0.25) is 0 Å². The highest BCUT2D eigenvalue weighted by molar-refractivity contribution is 7.99. The van der Waals surface area contributed by atoms with Gasteiger partial charge in [0.15, 0.2) is 0 Å². The predicted octanol–water partition coefficient (Wildman–Crippen LogP) is 1.29. The summed E-state index contributed by atoms with van der Waals surface area (Å²) in [5, 5.41) is 0. The molecule has 3 heteroatoms. The average Bonchev–Trinajstić information content (AvgIpc) is 2.43. The van der Waals surface area contributed by atoms with Gasteiger partial charge in [0.1, 0.15) is 11.4 Å². The molecular weight excluding hydrogens is 264 g/mol. The fraction of sp³-hybridized carbons (Fsp3) is 0.294. The van der Waals surface area contributed by atoms with E-state index in [2.05, 4.69) is 64.6 Å². The van der Waals surface area contributed by atoms with Crippen LogP contribution in [-0.2, 0) is 6.42 Å². The predicted molar refractivity (Wildman–Crippen MR) is 84.8 cm³/mol.